The van der Waals surface area contributed by atoms with E-state index in [1.165, 1.54) is 23.3 Å². The summed E-state index contributed by atoms with van der Waals surface area (Å²) < 4.78 is 30.3. The van der Waals surface area contributed by atoms with Crippen LogP contribution in [0.25, 0.3) is 0 Å². The Hall–Kier alpha value is -4.33. The fourth-order valence-electron chi connectivity index (χ4n) is 5.00. The Morgan fingerprint density at radius 3 is 2.18 bits per heavy atom. The lowest BCUT2D eigenvalue weighted by atomic mass is 9.88. The minimum atomic E-state index is -0.692. The standard InChI is InChI=1S/C30H29F2N5O/c31-25-18-24(19-26(32)20-25)28-29(35-30(38)37(28)16-7-15-36-17-14-33-21-36)34-13-12-27(22-8-3-1-4-9-22)23-10-5-2-6-11-23/h1-6,8-11,14,17-21,27-28H,7,12-13,15-16H2,(H,34,35,38). The topological polar surface area (TPSA) is 62.5 Å². The van der Waals surface area contributed by atoms with E-state index in [1.54, 1.807) is 17.4 Å². The van der Waals surface area contributed by atoms with Gasteiger partial charge in [-0.25, -0.2) is 18.6 Å². The lowest BCUT2D eigenvalue weighted by Gasteiger charge is -2.24. The van der Waals surface area contributed by atoms with Gasteiger partial charge in [-0.05, 0) is 41.7 Å². The van der Waals surface area contributed by atoms with Gasteiger partial charge in [0.05, 0.1) is 6.33 Å². The Balaban J connectivity index is 1.38. The number of hydrogen-bond donors (Lipinski definition) is 1. The van der Waals surface area contributed by atoms with Crippen molar-refractivity contribution in [2.24, 2.45) is 4.99 Å². The van der Waals surface area contributed by atoms with E-state index in [1.807, 2.05) is 47.2 Å². The van der Waals surface area contributed by atoms with Crippen molar-refractivity contribution in [3.63, 3.8) is 0 Å². The maximum absolute atomic E-state index is 14.2. The number of nitrogens with one attached hydrogen (secondary N) is 1. The van der Waals surface area contributed by atoms with Crippen molar-refractivity contribution in [2.45, 2.75) is 31.3 Å². The predicted molar refractivity (Wildman–Crippen MR) is 143 cm³/mol. The molecule has 6 nitrogen and oxygen atoms in total. The first-order chi connectivity index (χ1) is 18.6. The number of halogens is 2. The Kier molecular flexibility index (Phi) is 7.87. The van der Waals surface area contributed by atoms with Crippen LogP contribution in [0.1, 0.15) is 41.5 Å². The third-order valence-electron chi connectivity index (χ3n) is 6.75. The second kappa shape index (κ2) is 11.8. The monoisotopic (exact) mass is 513 g/mol. The molecule has 0 aliphatic carbocycles. The number of amides is 2. The fraction of sp³-hybridized carbons (Fsp3) is 0.233. The van der Waals surface area contributed by atoms with Gasteiger partial charge < -0.3 is 9.47 Å². The molecule has 3 aromatic carbocycles. The summed E-state index contributed by atoms with van der Waals surface area (Å²) in [5.41, 5.74) is 2.71. The van der Waals surface area contributed by atoms with Gasteiger partial charge in [-0.15, -0.1) is 0 Å². The van der Waals surface area contributed by atoms with Crippen LogP contribution in [0.4, 0.5) is 13.6 Å². The zero-order valence-corrected chi connectivity index (χ0v) is 20.9. The Labute approximate surface area is 220 Å². The highest BCUT2D eigenvalue weighted by Gasteiger charge is 2.37. The molecule has 0 bridgehead atoms. The molecule has 1 aliphatic heterocycles. The summed E-state index contributed by atoms with van der Waals surface area (Å²) in [4.78, 5) is 23.4. The molecule has 2 amide bonds. The molecule has 1 atom stereocenters. The van der Waals surface area contributed by atoms with Crippen molar-refractivity contribution >= 4 is 11.9 Å². The molecule has 4 aromatic rings. The molecular weight excluding hydrogens is 484 g/mol. The molecule has 194 valence electrons. The van der Waals surface area contributed by atoms with Gasteiger partial charge in [0.15, 0.2) is 0 Å². The lowest BCUT2D eigenvalue weighted by Crippen LogP contribution is -2.31. The van der Waals surface area contributed by atoms with E-state index >= 15 is 0 Å². The molecule has 0 spiro atoms. The molecular formula is C30H29F2N5O. The van der Waals surface area contributed by atoms with Gasteiger partial charge in [0, 0.05) is 44.0 Å². The molecule has 0 saturated carbocycles. The smallest absolute Gasteiger partial charge is 0.323 e. The Morgan fingerprint density at radius 1 is 0.921 bits per heavy atom. The van der Waals surface area contributed by atoms with E-state index < -0.39 is 17.7 Å². The van der Waals surface area contributed by atoms with Crippen molar-refractivity contribution in [2.75, 3.05) is 13.1 Å². The van der Waals surface area contributed by atoms with Crippen LogP contribution in [0, 0.1) is 11.6 Å². The van der Waals surface area contributed by atoms with E-state index in [9.17, 15) is 13.6 Å². The number of aromatic nitrogens is 2. The summed E-state index contributed by atoms with van der Waals surface area (Å²) in [7, 11) is 0. The molecule has 1 fully saturated rings. The predicted octanol–water partition coefficient (Wildman–Crippen LogP) is 5.94. The number of nitrogens with zero attached hydrogens (tertiary/aromatic N) is 4. The molecule has 8 heteroatoms. The molecule has 2 heterocycles. The quantitative estimate of drug-likeness (QED) is 0.285. The first kappa shape index (κ1) is 25.3. The summed E-state index contributed by atoms with van der Waals surface area (Å²) in [6, 6.07) is 22.8. The van der Waals surface area contributed by atoms with Crippen LogP contribution in [0.3, 0.4) is 0 Å². The highest BCUT2D eigenvalue weighted by Crippen LogP contribution is 2.30. The summed E-state index contributed by atoms with van der Waals surface area (Å²) >= 11 is 0. The first-order valence-corrected chi connectivity index (χ1v) is 12.7. The minimum absolute atomic E-state index is 0.121. The van der Waals surface area contributed by atoms with Crippen molar-refractivity contribution in [1.29, 1.82) is 0 Å². The van der Waals surface area contributed by atoms with Gasteiger partial charge in [-0.3, -0.25) is 10.3 Å². The van der Waals surface area contributed by atoms with E-state index in [0.717, 1.165) is 6.07 Å². The van der Waals surface area contributed by atoms with Crippen molar-refractivity contribution < 1.29 is 13.6 Å². The van der Waals surface area contributed by atoms with Gasteiger partial charge in [-0.2, -0.15) is 0 Å². The van der Waals surface area contributed by atoms with Crippen LogP contribution in [-0.2, 0) is 6.54 Å². The van der Waals surface area contributed by atoms with Crippen LogP contribution in [0.2, 0.25) is 0 Å². The molecule has 1 saturated heterocycles. The van der Waals surface area contributed by atoms with Gasteiger partial charge >= 0.3 is 6.03 Å². The Bertz CT molecular complexity index is 1320. The summed E-state index contributed by atoms with van der Waals surface area (Å²) in [5, 5.41) is 2.86. The average molecular weight is 514 g/mol. The number of benzene rings is 3. The van der Waals surface area contributed by atoms with Crippen LogP contribution in [0.15, 0.2) is 103 Å². The number of aryl methyl sites for hydroxylation is 1. The summed E-state index contributed by atoms with van der Waals surface area (Å²) in [6.45, 7) is 1.49. The second-order valence-electron chi connectivity index (χ2n) is 9.31. The van der Waals surface area contributed by atoms with Crippen LogP contribution in [0.5, 0.6) is 0 Å². The van der Waals surface area contributed by atoms with E-state index in [4.69, 9.17) is 4.99 Å². The molecule has 0 radical (unpaired) electrons. The van der Waals surface area contributed by atoms with E-state index in [0.29, 0.717) is 43.9 Å². The molecule has 5 rings (SSSR count). The van der Waals surface area contributed by atoms with Gasteiger partial charge in [0.1, 0.15) is 23.5 Å². The van der Waals surface area contributed by atoms with Crippen molar-refractivity contribution in [3.05, 3.63) is 126 Å². The number of urea groups is 1. The largest absolute Gasteiger partial charge is 0.337 e. The number of amidine groups is 1. The highest BCUT2D eigenvalue weighted by atomic mass is 19.1. The summed E-state index contributed by atoms with van der Waals surface area (Å²) in [6.07, 6.45) is 6.62. The number of carbonyl (C=O) groups excluding carboxylic acids is 1. The lowest BCUT2D eigenvalue weighted by molar-refractivity contribution is 0.204. The maximum Gasteiger partial charge on any atom is 0.323 e. The maximum atomic E-state index is 14.2. The number of aliphatic imine (C=N–C) groups is 1. The Morgan fingerprint density at radius 2 is 1.58 bits per heavy atom. The van der Waals surface area contributed by atoms with Gasteiger partial charge in [0.25, 0.3) is 0 Å². The van der Waals surface area contributed by atoms with Crippen LogP contribution >= 0.6 is 0 Å². The molecule has 1 aromatic heterocycles. The van der Waals surface area contributed by atoms with Gasteiger partial charge in [0.2, 0.25) is 0 Å². The molecule has 1 N–H and O–H groups in total. The van der Waals surface area contributed by atoms with Gasteiger partial charge in [-0.1, -0.05) is 60.7 Å². The van der Waals surface area contributed by atoms with E-state index in [2.05, 4.69) is 34.6 Å². The average Bonchev–Trinajstić information content (AvgIpc) is 3.55. The number of rotatable bonds is 10. The normalized spacial score (nSPS) is 16.4. The summed E-state index contributed by atoms with van der Waals surface area (Å²) in [5.74, 6) is -0.853. The van der Waals surface area contributed by atoms with Crippen molar-refractivity contribution in [1.82, 2.24) is 19.8 Å². The second-order valence-corrected chi connectivity index (χ2v) is 9.31. The third-order valence-corrected chi connectivity index (χ3v) is 6.75. The zero-order chi connectivity index (χ0) is 26.3. The number of carbonyl (C=O) groups is 1. The molecule has 1 unspecified atom stereocenters. The zero-order valence-electron chi connectivity index (χ0n) is 20.9. The van der Waals surface area contributed by atoms with Crippen LogP contribution < -0.4 is 5.32 Å². The molecule has 38 heavy (non-hydrogen) atoms. The minimum Gasteiger partial charge on any atom is -0.337 e. The fourth-order valence-corrected chi connectivity index (χ4v) is 5.00. The number of imidazole rings is 1. The van der Waals surface area contributed by atoms with Crippen LogP contribution in [-0.4, -0.2) is 39.4 Å². The SMILES string of the molecule is O=C1NC(=NCCC(c2ccccc2)c2ccccc2)C(c2cc(F)cc(F)c2)N1CCCn1ccnc1. The highest BCUT2D eigenvalue weighted by molar-refractivity contribution is 6.07. The molecule has 1 aliphatic rings. The van der Waals surface area contributed by atoms with Crippen molar-refractivity contribution in [3.8, 4) is 0 Å². The third kappa shape index (κ3) is 5.96. The van der Waals surface area contributed by atoms with E-state index in [-0.39, 0.29) is 11.9 Å². The number of hydrogen-bond acceptors (Lipinski definition) is 3. The first-order valence-electron chi connectivity index (χ1n) is 12.7.